The molecule has 1 saturated heterocycles. The SMILES string of the molecule is CC(=O)N1CCC[C@H]1C(=O)NCC(C)(C)c1ccc(OCC(C)C)cc1. The molecule has 1 aliphatic rings. The number of rotatable bonds is 7. The molecule has 0 unspecified atom stereocenters. The highest BCUT2D eigenvalue weighted by atomic mass is 16.5. The molecule has 0 spiro atoms. The van der Waals surface area contributed by atoms with Crippen molar-refractivity contribution in [1.29, 1.82) is 0 Å². The highest BCUT2D eigenvalue weighted by molar-refractivity contribution is 5.87. The first-order chi connectivity index (χ1) is 12.2. The van der Waals surface area contributed by atoms with Gasteiger partial charge in [0.25, 0.3) is 0 Å². The fourth-order valence-corrected chi connectivity index (χ4v) is 3.21. The van der Waals surface area contributed by atoms with Gasteiger partial charge in [-0.3, -0.25) is 9.59 Å². The predicted octanol–water partition coefficient (Wildman–Crippen LogP) is 3.13. The van der Waals surface area contributed by atoms with Crippen LogP contribution >= 0.6 is 0 Å². The van der Waals surface area contributed by atoms with Crippen molar-refractivity contribution >= 4 is 11.8 Å². The van der Waals surface area contributed by atoms with Crippen LogP contribution in [0, 0.1) is 5.92 Å². The second-order valence-electron chi connectivity index (χ2n) is 8.20. The first-order valence-electron chi connectivity index (χ1n) is 9.49. The molecule has 0 radical (unpaired) electrons. The number of hydrogen-bond acceptors (Lipinski definition) is 3. The molecule has 1 N–H and O–H groups in total. The summed E-state index contributed by atoms with van der Waals surface area (Å²) in [6.07, 6.45) is 1.63. The number of amides is 2. The van der Waals surface area contributed by atoms with Crippen molar-refractivity contribution in [3.05, 3.63) is 29.8 Å². The minimum absolute atomic E-state index is 0.0288. The Morgan fingerprint density at radius 1 is 1.27 bits per heavy atom. The van der Waals surface area contributed by atoms with Crippen LogP contribution in [-0.2, 0) is 15.0 Å². The lowest BCUT2D eigenvalue weighted by Crippen LogP contribution is -2.48. The van der Waals surface area contributed by atoms with Gasteiger partial charge in [-0.1, -0.05) is 39.8 Å². The van der Waals surface area contributed by atoms with E-state index >= 15 is 0 Å². The molecule has 1 fully saturated rings. The fraction of sp³-hybridized carbons (Fsp3) is 0.619. The molecule has 2 amide bonds. The highest BCUT2D eigenvalue weighted by Crippen LogP contribution is 2.25. The molecule has 5 heteroatoms. The Kier molecular flexibility index (Phi) is 6.68. The second-order valence-corrected chi connectivity index (χ2v) is 8.20. The molecule has 144 valence electrons. The number of benzene rings is 1. The van der Waals surface area contributed by atoms with Gasteiger partial charge in [0, 0.05) is 25.4 Å². The van der Waals surface area contributed by atoms with Gasteiger partial charge in [-0.25, -0.2) is 0 Å². The summed E-state index contributed by atoms with van der Waals surface area (Å²) in [7, 11) is 0. The van der Waals surface area contributed by atoms with Gasteiger partial charge < -0.3 is 15.0 Å². The van der Waals surface area contributed by atoms with Crippen LogP contribution in [0.3, 0.4) is 0 Å². The number of carbonyl (C=O) groups excluding carboxylic acids is 2. The van der Waals surface area contributed by atoms with Crippen molar-refractivity contribution in [2.24, 2.45) is 5.92 Å². The van der Waals surface area contributed by atoms with Gasteiger partial charge in [0.1, 0.15) is 11.8 Å². The van der Waals surface area contributed by atoms with E-state index in [1.165, 1.54) is 6.92 Å². The van der Waals surface area contributed by atoms with Gasteiger partial charge >= 0.3 is 0 Å². The lowest BCUT2D eigenvalue weighted by molar-refractivity contribution is -0.136. The Labute approximate surface area is 157 Å². The van der Waals surface area contributed by atoms with Crippen LogP contribution in [0.15, 0.2) is 24.3 Å². The maximum absolute atomic E-state index is 12.5. The number of nitrogens with zero attached hydrogens (tertiary/aromatic N) is 1. The van der Waals surface area contributed by atoms with E-state index in [9.17, 15) is 9.59 Å². The maximum Gasteiger partial charge on any atom is 0.242 e. The summed E-state index contributed by atoms with van der Waals surface area (Å²) in [5, 5.41) is 3.04. The molecule has 26 heavy (non-hydrogen) atoms. The lowest BCUT2D eigenvalue weighted by atomic mass is 9.84. The summed E-state index contributed by atoms with van der Waals surface area (Å²) in [6, 6.07) is 7.75. The molecule has 1 heterocycles. The van der Waals surface area contributed by atoms with Crippen molar-refractivity contribution in [2.75, 3.05) is 19.7 Å². The van der Waals surface area contributed by atoms with Crippen molar-refractivity contribution in [3.63, 3.8) is 0 Å². The Bertz CT molecular complexity index is 623. The smallest absolute Gasteiger partial charge is 0.242 e. The van der Waals surface area contributed by atoms with Crippen LogP contribution in [-0.4, -0.2) is 42.5 Å². The fourth-order valence-electron chi connectivity index (χ4n) is 3.21. The van der Waals surface area contributed by atoms with Crippen LogP contribution in [0.2, 0.25) is 0 Å². The van der Waals surface area contributed by atoms with E-state index < -0.39 is 0 Å². The first kappa shape index (κ1) is 20.3. The molecule has 1 aliphatic heterocycles. The average Bonchev–Trinajstić information content (AvgIpc) is 3.08. The molecule has 5 nitrogen and oxygen atoms in total. The van der Waals surface area contributed by atoms with Crippen molar-refractivity contribution < 1.29 is 14.3 Å². The van der Waals surface area contributed by atoms with E-state index in [4.69, 9.17) is 4.74 Å². The molecule has 0 saturated carbocycles. The van der Waals surface area contributed by atoms with E-state index in [-0.39, 0.29) is 23.3 Å². The zero-order chi connectivity index (χ0) is 19.3. The standard InChI is InChI=1S/C21H32N2O3/c1-15(2)13-26-18-10-8-17(9-11-18)21(4,5)14-22-20(25)19-7-6-12-23(19)16(3)24/h8-11,15,19H,6-7,12-14H2,1-5H3,(H,22,25)/t19-/m0/s1. The molecule has 0 aliphatic carbocycles. The van der Waals surface area contributed by atoms with Gasteiger partial charge in [0.2, 0.25) is 11.8 Å². The van der Waals surface area contributed by atoms with E-state index in [1.807, 2.05) is 12.1 Å². The largest absolute Gasteiger partial charge is 0.493 e. The topological polar surface area (TPSA) is 58.6 Å². The Balaban J connectivity index is 1.93. The molecule has 0 bridgehead atoms. The van der Waals surface area contributed by atoms with Gasteiger partial charge in [0.05, 0.1) is 6.61 Å². The quantitative estimate of drug-likeness (QED) is 0.813. The lowest BCUT2D eigenvalue weighted by Gasteiger charge is -2.28. The van der Waals surface area contributed by atoms with Gasteiger partial charge in [-0.15, -0.1) is 0 Å². The van der Waals surface area contributed by atoms with Crippen molar-refractivity contribution in [1.82, 2.24) is 10.2 Å². The molecule has 1 aromatic rings. The Morgan fingerprint density at radius 2 is 1.92 bits per heavy atom. The van der Waals surface area contributed by atoms with Crippen molar-refractivity contribution in [2.45, 2.75) is 58.9 Å². The summed E-state index contributed by atoms with van der Waals surface area (Å²) in [4.78, 5) is 25.8. The molecule has 1 aromatic carbocycles. The van der Waals surface area contributed by atoms with E-state index in [0.29, 0.717) is 25.6 Å². The molecule has 0 aromatic heterocycles. The normalized spacial score (nSPS) is 17.5. The van der Waals surface area contributed by atoms with Gasteiger partial charge in [-0.2, -0.15) is 0 Å². The van der Waals surface area contributed by atoms with Crippen LogP contribution < -0.4 is 10.1 Å². The first-order valence-corrected chi connectivity index (χ1v) is 9.49. The number of hydrogen-bond donors (Lipinski definition) is 1. The minimum Gasteiger partial charge on any atom is -0.493 e. The van der Waals surface area contributed by atoms with Crippen molar-refractivity contribution in [3.8, 4) is 5.75 Å². The second kappa shape index (κ2) is 8.56. The summed E-state index contributed by atoms with van der Waals surface area (Å²) in [5.74, 6) is 1.28. The zero-order valence-corrected chi connectivity index (χ0v) is 16.7. The number of ether oxygens (including phenoxy) is 1. The average molecular weight is 360 g/mol. The molecular formula is C21H32N2O3. The number of carbonyl (C=O) groups is 2. The molecule has 1 atom stereocenters. The zero-order valence-electron chi connectivity index (χ0n) is 16.7. The minimum atomic E-state index is -0.324. The summed E-state index contributed by atoms with van der Waals surface area (Å²) >= 11 is 0. The third kappa shape index (κ3) is 5.23. The van der Waals surface area contributed by atoms with Crippen LogP contribution in [0.1, 0.15) is 53.0 Å². The number of nitrogens with one attached hydrogen (secondary N) is 1. The highest BCUT2D eigenvalue weighted by Gasteiger charge is 2.33. The third-order valence-electron chi connectivity index (χ3n) is 4.88. The van der Waals surface area contributed by atoms with Crippen LogP contribution in [0.25, 0.3) is 0 Å². The number of likely N-dealkylation sites (tertiary alicyclic amines) is 1. The third-order valence-corrected chi connectivity index (χ3v) is 4.88. The van der Waals surface area contributed by atoms with Crippen LogP contribution in [0.5, 0.6) is 5.75 Å². The predicted molar refractivity (Wildman–Crippen MR) is 103 cm³/mol. The molecular weight excluding hydrogens is 328 g/mol. The van der Waals surface area contributed by atoms with Gasteiger partial charge in [-0.05, 0) is 36.5 Å². The van der Waals surface area contributed by atoms with Crippen LogP contribution in [0.4, 0.5) is 0 Å². The monoisotopic (exact) mass is 360 g/mol. The summed E-state index contributed by atoms with van der Waals surface area (Å²) in [5.41, 5.74) is 0.941. The summed E-state index contributed by atoms with van der Waals surface area (Å²) < 4.78 is 5.73. The Morgan fingerprint density at radius 3 is 2.50 bits per heavy atom. The van der Waals surface area contributed by atoms with E-state index in [0.717, 1.165) is 24.2 Å². The van der Waals surface area contributed by atoms with E-state index in [1.54, 1.807) is 4.90 Å². The summed E-state index contributed by atoms with van der Waals surface area (Å²) in [6.45, 7) is 11.9. The Hall–Kier alpha value is -2.04. The van der Waals surface area contributed by atoms with Gasteiger partial charge in [0.15, 0.2) is 0 Å². The van der Waals surface area contributed by atoms with E-state index in [2.05, 4.69) is 45.1 Å². The maximum atomic E-state index is 12.5. The molecule has 2 rings (SSSR count).